The van der Waals surface area contributed by atoms with E-state index < -0.39 is 0 Å². The van der Waals surface area contributed by atoms with E-state index in [0.717, 1.165) is 11.3 Å². The number of aliphatic hydroxyl groups excluding tert-OH is 1. The van der Waals surface area contributed by atoms with Crippen LogP contribution in [0.2, 0.25) is 0 Å². The summed E-state index contributed by atoms with van der Waals surface area (Å²) in [6.45, 7) is 6.12. The first-order valence-electron chi connectivity index (χ1n) is 4.59. The number of allylic oxidation sites excluding steroid dienone is 1. The van der Waals surface area contributed by atoms with Crippen molar-refractivity contribution < 1.29 is 14.6 Å². The quantitative estimate of drug-likeness (QED) is 0.418. The minimum Gasteiger partial charge on any atom is -0.461 e. The Balaban J connectivity index is 3.60. The first-order valence-corrected chi connectivity index (χ1v) is 5.75. The van der Waals surface area contributed by atoms with Crippen LogP contribution in [0.3, 0.4) is 0 Å². The van der Waals surface area contributed by atoms with E-state index in [1.807, 2.05) is 13.8 Å². The van der Waals surface area contributed by atoms with Crippen LogP contribution in [0.4, 0.5) is 0 Å². The van der Waals surface area contributed by atoms with Crippen LogP contribution in [0.5, 0.6) is 0 Å². The van der Waals surface area contributed by atoms with Gasteiger partial charge < -0.3 is 9.84 Å². The van der Waals surface area contributed by atoms with Gasteiger partial charge in [0.25, 0.3) is 0 Å². The molecule has 0 saturated carbocycles. The van der Waals surface area contributed by atoms with Gasteiger partial charge in [0, 0.05) is 17.1 Å². The number of aliphatic hydroxyl groups is 1. The zero-order valence-electron chi connectivity index (χ0n) is 9.00. The SMILES string of the molecule is CC(C)=C(C)C(=O)OCCSCCO. The second-order valence-corrected chi connectivity index (χ2v) is 4.32. The van der Waals surface area contributed by atoms with Gasteiger partial charge in [0.1, 0.15) is 6.61 Å². The molecule has 0 aliphatic heterocycles. The van der Waals surface area contributed by atoms with Crippen LogP contribution in [-0.4, -0.2) is 35.8 Å². The number of ether oxygens (including phenoxy) is 1. The molecule has 0 amide bonds. The summed E-state index contributed by atoms with van der Waals surface area (Å²) in [5, 5.41) is 8.50. The molecule has 0 rings (SSSR count). The van der Waals surface area contributed by atoms with Crippen molar-refractivity contribution in [3.05, 3.63) is 11.1 Å². The first-order chi connectivity index (χ1) is 6.59. The number of thioether (sulfide) groups is 1. The average Bonchev–Trinajstić information content (AvgIpc) is 2.16. The van der Waals surface area contributed by atoms with Crippen LogP contribution in [0, 0.1) is 0 Å². The molecule has 1 N–H and O–H groups in total. The molecule has 0 aromatic rings. The smallest absolute Gasteiger partial charge is 0.333 e. The fraction of sp³-hybridized carbons (Fsp3) is 0.700. The highest BCUT2D eigenvalue weighted by atomic mass is 32.2. The van der Waals surface area contributed by atoms with E-state index in [1.54, 1.807) is 18.7 Å². The summed E-state index contributed by atoms with van der Waals surface area (Å²) in [7, 11) is 0. The zero-order chi connectivity index (χ0) is 11.0. The second kappa shape index (κ2) is 7.88. The molecule has 0 unspecified atom stereocenters. The molecule has 4 heteroatoms. The molecule has 82 valence electrons. The van der Waals surface area contributed by atoms with Crippen molar-refractivity contribution in [2.75, 3.05) is 24.7 Å². The average molecular weight is 218 g/mol. The van der Waals surface area contributed by atoms with Crippen molar-refractivity contribution in [2.45, 2.75) is 20.8 Å². The topological polar surface area (TPSA) is 46.5 Å². The molecular weight excluding hydrogens is 200 g/mol. The summed E-state index contributed by atoms with van der Waals surface area (Å²) in [5.41, 5.74) is 1.66. The van der Waals surface area contributed by atoms with Gasteiger partial charge in [-0.05, 0) is 20.8 Å². The third kappa shape index (κ3) is 6.05. The molecule has 0 aromatic heterocycles. The molecule has 0 heterocycles. The fourth-order valence-corrected chi connectivity index (χ4v) is 1.21. The Morgan fingerprint density at radius 3 is 2.43 bits per heavy atom. The first kappa shape index (κ1) is 13.5. The molecule has 0 aliphatic rings. The summed E-state index contributed by atoms with van der Waals surface area (Å²) in [5.74, 6) is 1.19. The lowest BCUT2D eigenvalue weighted by molar-refractivity contribution is -0.138. The molecule has 0 fully saturated rings. The van der Waals surface area contributed by atoms with E-state index in [2.05, 4.69) is 0 Å². The summed E-state index contributed by atoms with van der Waals surface area (Å²) < 4.78 is 5.01. The van der Waals surface area contributed by atoms with E-state index in [0.29, 0.717) is 17.9 Å². The minimum absolute atomic E-state index is 0.172. The van der Waals surface area contributed by atoms with Gasteiger partial charge in [0.2, 0.25) is 0 Å². The maximum atomic E-state index is 11.3. The highest BCUT2D eigenvalue weighted by Crippen LogP contribution is 2.05. The van der Waals surface area contributed by atoms with E-state index >= 15 is 0 Å². The van der Waals surface area contributed by atoms with E-state index in [-0.39, 0.29) is 12.6 Å². The molecule has 0 radical (unpaired) electrons. The molecule has 3 nitrogen and oxygen atoms in total. The van der Waals surface area contributed by atoms with Crippen molar-refractivity contribution in [3.63, 3.8) is 0 Å². The van der Waals surface area contributed by atoms with E-state index in [9.17, 15) is 4.79 Å². The van der Waals surface area contributed by atoms with E-state index in [4.69, 9.17) is 9.84 Å². The van der Waals surface area contributed by atoms with Gasteiger partial charge in [0.15, 0.2) is 0 Å². The van der Waals surface area contributed by atoms with Crippen LogP contribution in [-0.2, 0) is 9.53 Å². The Kier molecular flexibility index (Phi) is 7.61. The van der Waals surface area contributed by atoms with Crippen molar-refractivity contribution >= 4 is 17.7 Å². The van der Waals surface area contributed by atoms with Gasteiger partial charge in [-0.25, -0.2) is 4.79 Å². The fourth-order valence-electron chi connectivity index (χ4n) is 0.672. The number of hydrogen-bond donors (Lipinski definition) is 1. The standard InChI is InChI=1S/C10H18O3S/c1-8(2)9(3)10(12)13-5-7-14-6-4-11/h11H,4-7H2,1-3H3. The number of carbonyl (C=O) groups is 1. The molecule has 0 bridgehead atoms. The normalized spacial score (nSPS) is 9.71. The molecule has 0 spiro atoms. The molecule has 0 aromatic carbocycles. The third-order valence-corrected chi connectivity index (χ3v) is 2.68. The minimum atomic E-state index is -0.241. The second-order valence-electron chi connectivity index (χ2n) is 3.10. The van der Waals surface area contributed by atoms with Crippen LogP contribution in [0.15, 0.2) is 11.1 Å². The van der Waals surface area contributed by atoms with Gasteiger partial charge in [-0.2, -0.15) is 11.8 Å². The van der Waals surface area contributed by atoms with Gasteiger partial charge in [-0.3, -0.25) is 0 Å². The van der Waals surface area contributed by atoms with Gasteiger partial charge in [-0.1, -0.05) is 5.57 Å². The number of hydrogen-bond acceptors (Lipinski definition) is 4. The van der Waals surface area contributed by atoms with Crippen molar-refractivity contribution in [3.8, 4) is 0 Å². The Labute approximate surface area is 89.5 Å². The highest BCUT2D eigenvalue weighted by molar-refractivity contribution is 7.99. The lowest BCUT2D eigenvalue weighted by Crippen LogP contribution is -2.09. The number of rotatable bonds is 6. The summed E-state index contributed by atoms with van der Waals surface area (Å²) >= 11 is 1.57. The lowest BCUT2D eigenvalue weighted by Gasteiger charge is -2.05. The Morgan fingerprint density at radius 2 is 1.93 bits per heavy atom. The maximum Gasteiger partial charge on any atom is 0.333 e. The predicted molar refractivity (Wildman–Crippen MR) is 59.4 cm³/mol. The zero-order valence-corrected chi connectivity index (χ0v) is 9.82. The van der Waals surface area contributed by atoms with Crippen LogP contribution in [0.25, 0.3) is 0 Å². The third-order valence-electron chi connectivity index (χ3n) is 1.75. The van der Waals surface area contributed by atoms with Crippen molar-refractivity contribution in [1.29, 1.82) is 0 Å². The van der Waals surface area contributed by atoms with Crippen LogP contribution in [0.1, 0.15) is 20.8 Å². The lowest BCUT2D eigenvalue weighted by atomic mass is 10.2. The van der Waals surface area contributed by atoms with Crippen molar-refractivity contribution in [1.82, 2.24) is 0 Å². The molecule has 14 heavy (non-hydrogen) atoms. The Bertz CT molecular complexity index is 207. The monoisotopic (exact) mass is 218 g/mol. The summed E-state index contributed by atoms with van der Waals surface area (Å²) in [6.07, 6.45) is 0. The predicted octanol–water partition coefficient (Wildman–Crippen LogP) is 1.61. The Morgan fingerprint density at radius 1 is 1.29 bits per heavy atom. The van der Waals surface area contributed by atoms with Crippen LogP contribution < -0.4 is 0 Å². The highest BCUT2D eigenvalue weighted by Gasteiger charge is 2.06. The van der Waals surface area contributed by atoms with Gasteiger partial charge >= 0.3 is 5.97 Å². The van der Waals surface area contributed by atoms with Gasteiger partial charge in [-0.15, -0.1) is 0 Å². The Hall–Kier alpha value is -0.480. The molecular formula is C10H18O3S. The van der Waals surface area contributed by atoms with E-state index in [1.165, 1.54) is 0 Å². The van der Waals surface area contributed by atoms with Gasteiger partial charge in [0.05, 0.1) is 6.61 Å². The number of carbonyl (C=O) groups excluding carboxylic acids is 1. The molecule has 0 aliphatic carbocycles. The molecule has 0 saturated heterocycles. The summed E-state index contributed by atoms with van der Waals surface area (Å²) in [4.78, 5) is 11.3. The van der Waals surface area contributed by atoms with Crippen molar-refractivity contribution in [2.24, 2.45) is 0 Å². The maximum absolute atomic E-state index is 11.3. The number of esters is 1. The largest absolute Gasteiger partial charge is 0.461 e. The summed E-state index contributed by atoms with van der Waals surface area (Å²) in [6, 6.07) is 0. The van der Waals surface area contributed by atoms with Crippen LogP contribution >= 0.6 is 11.8 Å². The molecule has 0 atom stereocenters.